The van der Waals surface area contributed by atoms with E-state index in [2.05, 4.69) is 21.2 Å². The van der Waals surface area contributed by atoms with E-state index in [4.69, 9.17) is 23.2 Å². The summed E-state index contributed by atoms with van der Waals surface area (Å²) in [4.78, 5) is 0. The molecule has 0 saturated carbocycles. The van der Waals surface area contributed by atoms with Gasteiger partial charge in [-0.2, -0.15) is 0 Å². The number of anilines is 1. The Morgan fingerprint density at radius 3 is 2.60 bits per heavy atom. The van der Waals surface area contributed by atoms with Crippen LogP contribution in [0.5, 0.6) is 0 Å². The number of nitrogens with one attached hydrogen (secondary N) is 1. The third kappa shape index (κ3) is 3.46. The van der Waals surface area contributed by atoms with Crippen LogP contribution in [0, 0.1) is 12.7 Å². The van der Waals surface area contributed by atoms with E-state index in [0.717, 1.165) is 16.8 Å². The molecule has 0 bridgehead atoms. The average Bonchev–Trinajstić information content (AvgIpc) is 2.38. The molecule has 2 aromatic carbocycles. The molecule has 0 heterocycles. The van der Waals surface area contributed by atoms with Crippen LogP contribution in [0.1, 0.15) is 24.1 Å². The molecule has 0 fully saturated rings. The van der Waals surface area contributed by atoms with Gasteiger partial charge in [-0.05, 0) is 71.2 Å². The highest BCUT2D eigenvalue weighted by atomic mass is 79.9. The van der Waals surface area contributed by atoms with E-state index in [1.54, 1.807) is 18.2 Å². The molecule has 1 nitrogen and oxygen atoms in total. The first-order chi connectivity index (χ1) is 9.38. The third-order valence-electron chi connectivity index (χ3n) is 3.06. The smallest absolute Gasteiger partial charge is 0.137 e. The number of aryl methyl sites for hydroxylation is 1. The second-order valence-electron chi connectivity index (χ2n) is 4.61. The maximum absolute atomic E-state index is 13.4. The highest BCUT2D eigenvalue weighted by Crippen LogP contribution is 2.31. The Labute approximate surface area is 136 Å². The van der Waals surface area contributed by atoms with E-state index in [0.29, 0.717) is 14.5 Å². The molecular formula is C15H13BrCl2FN. The average molecular weight is 377 g/mol. The first-order valence-electron chi connectivity index (χ1n) is 6.05. The third-order valence-corrected chi connectivity index (χ3v) is 4.25. The summed E-state index contributed by atoms with van der Waals surface area (Å²) < 4.78 is 13.8. The van der Waals surface area contributed by atoms with Crippen molar-refractivity contribution in [1.82, 2.24) is 0 Å². The number of rotatable bonds is 3. The van der Waals surface area contributed by atoms with Crippen molar-refractivity contribution >= 4 is 44.8 Å². The van der Waals surface area contributed by atoms with Crippen LogP contribution in [0.15, 0.2) is 34.8 Å². The van der Waals surface area contributed by atoms with Gasteiger partial charge in [0.25, 0.3) is 0 Å². The highest BCUT2D eigenvalue weighted by molar-refractivity contribution is 9.10. The van der Waals surface area contributed by atoms with Crippen LogP contribution < -0.4 is 5.32 Å². The van der Waals surface area contributed by atoms with Crippen LogP contribution in [0.2, 0.25) is 10.0 Å². The lowest BCUT2D eigenvalue weighted by Crippen LogP contribution is -2.08. The minimum absolute atomic E-state index is 0.0442. The maximum Gasteiger partial charge on any atom is 0.137 e. The molecule has 0 aliphatic carbocycles. The van der Waals surface area contributed by atoms with Crippen LogP contribution in [-0.4, -0.2) is 0 Å². The molecule has 1 N–H and O–H groups in total. The maximum atomic E-state index is 13.4. The van der Waals surface area contributed by atoms with Gasteiger partial charge in [0.05, 0.1) is 10.5 Å². The van der Waals surface area contributed by atoms with Crippen molar-refractivity contribution in [2.75, 3.05) is 5.32 Å². The zero-order valence-corrected chi connectivity index (χ0v) is 14.1. The molecule has 1 unspecified atom stereocenters. The normalized spacial score (nSPS) is 12.3. The zero-order chi connectivity index (χ0) is 14.9. The Morgan fingerprint density at radius 2 is 1.90 bits per heavy atom. The summed E-state index contributed by atoms with van der Waals surface area (Å²) in [5.74, 6) is -0.276. The van der Waals surface area contributed by atoms with Crippen molar-refractivity contribution < 1.29 is 4.39 Å². The van der Waals surface area contributed by atoms with E-state index in [9.17, 15) is 4.39 Å². The van der Waals surface area contributed by atoms with Crippen LogP contribution >= 0.6 is 39.1 Å². The predicted molar refractivity (Wildman–Crippen MR) is 87.3 cm³/mol. The van der Waals surface area contributed by atoms with Crippen LogP contribution in [0.3, 0.4) is 0 Å². The van der Waals surface area contributed by atoms with Gasteiger partial charge in [0, 0.05) is 15.7 Å². The predicted octanol–water partition coefficient (Wildman–Crippen LogP) is 6.38. The van der Waals surface area contributed by atoms with Gasteiger partial charge in [0.1, 0.15) is 5.82 Å². The van der Waals surface area contributed by atoms with Crippen molar-refractivity contribution in [2.45, 2.75) is 19.9 Å². The summed E-state index contributed by atoms with van der Waals surface area (Å²) in [6.07, 6.45) is 0. The van der Waals surface area contributed by atoms with E-state index >= 15 is 0 Å². The van der Waals surface area contributed by atoms with Gasteiger partial charge < -0.3 is 5.32 Å². The molecule has 0 aliphatic rings. The first-order valence-corrected chi connectivity index (χ1v) is 7.60. The molecule has 1 atom stereocenters. The molecule has 2 aromatic rings. The summed E-state index contributed by atoms with van der Waals surface area (Å²) >= 11 is 15.4. The van der Waals surface area contributed by atoms with Gasteiger partial charge in [-0.25, -0.2) is 4.39 Å². The molecule has 106 valence electrons. The van der Waals surface area contributed by atoms with Gasteiger partial charge in [-0.3, -0.25) is 0 Å². The zero-order valence-electron chi connectivity index (χ0n) is 11.0. The Morgan fingerprint density at radius 1 is 1.20 bits per heavy atom. The topological polar surface area (TPSA) is 12.0 Å². The Hall–Kier alpha value is -0.770. The molecule has 0 radical (unpaired) electrons. The molecule has 5 heteroatoms. The van der Waals surface area contributed by atoms with Gasteiger partial charge in [0.2, 0.25) is 0 Å². The summed E-state index contributed by atoms with van der Waals surface area (Å²) in [6, 6.07) is 8.51. The fraction of sp³-hybridized carbons (Fsp3) is 0.200. The SMILES string of the molecule is Cc1cc(F)c(Br)cc1NC(C)c1cc(Cl)ccc1Cl. The van der Waals surface area contributed by atoms with E-state index < -0.39 is 0 Å². The fourth-order valence-electron chi connectivity index (χ4n) is 1.96. The van der Waals surface area contributed by atoms with Crippen LogP contribution in [0.25, 0.3) is 0 Å². The standard InChI is InChI=1S/C15H13BrCl2FN/c1-8-5-14(19)12(16)7-15(8)20-9(2)11-6-10(17)3-4-13(11)18/h3-7,9,20H,1-2H3. The lowest BCUT2D eigenvalue weighted by atomic mass is 10.1. The second-order valence-corrected chi connectivity index (χ2v) is 6.31. The summed E-state index contributed by atoms with van der Waals surface area (Å²) in [6.45, 7) is 3.83. The molecule has 0 spiro atoms. The number of halogens is 4. The van der Waals surface area contributed by atoms with Gasteiger partial charge in [-0.1, -0.05) is 23.2 Å². The lowest BCUT2D eigenvalue weighted by molar-refractivity contribution is 0.620. The molecule has 0 aromatic heterocycles. The van der Waals surface area contributed by atoms with Crippen LogP contribution in [0.4, 0.5) is 10.1 Å². The summed E-state index contributed by atoms with van der Waals surface area (Å²) in [5, 5.41) is 4.60. The largest absolute Gasteiger partial charge is 0.378 e. The fourth-order valence-corrected chi connectivity index (χ4v) is 2.76. The van der Waals surface area contributed by atoms with Crippen molar-refractivity contribution in [3.63, 3.8) is 0 Å². The Bertz CT molecular complexity index is 646. The molecule has 0 aliphatic heterocycles. The highest BCUT2D eigenvalue weighted by Gasteiger charge is 2.13. The van der Waals surface area contributed by atoms with E-state index in [1.165, 1.54) is 6.07 Å². The van der Waals surface area contributed by atoms with Crippen molar-refractivity contribution in [3.05, 3.63) is 61.8 Å². The quantitative estimate of drug-likeness (QED) is 0.655. The lowest BCUT2D eigenvalue weighted by Gasteiger charge is -2.19. The number of hydrogen-bond donors (Lipinski definition) is 1. The second kappa shape index (κ2) is 6.33. The number of benzene rings is 2. The molecular weight excluding hydrogens is 364 g/mol. The molecule has 0 saturated heterocycles. The summed E-state index contributed by atoms with van der Waals surface area (Å²) in [7, 11) is 0. The Kier molecular flexibility index (Phi) is 4.95. The van der Waals surface area contributed by atoms with Gasteiger partial charge in [-0.15, -0.1) is 0 Å². The van der Waals surface area contributed by atoms with Gasteiger partial charge in [0.15, 0.2) is 0 Å². The molecule has 20 heavy (non-hydrogen) atoms. The van der Waals surface area contributed by atoms with E-state index in [-0.39, 0.29) is 11.9 Å². The van der Waals surface area contributed by atoms with E-state index in [1.807, 2.05) is 19.9 Å². The summed E-state index contributed by atoms with van der Waals surface area (Å²) in [5.41, 5.74) is 2.58. The number of hydrogen-bond acceptors (Lipinski definition) is 1. The van der Waals surface area contributed by atoms with Crippen molar-refractivity contribution in [2.24, 2.45) is 0 Å². The van der Waals surface area contributed by atoms with Gasteiger partial charge >= 0.3 is 0 Å². The Balaban J connectivity index is 2.30. The molecule has 0 amide bonds. The van der Waals surface area contributed by atoms with Crippen molar-refractivity contribution in [1.29, 1.82) is 0 Å². The minimum atomic E-state index is -0.276. The monoisotopic (exact) mass is 375 g/mol. The van der Waals surface area contributed by atoms with Crippen LogP contribution in [-0.2, 0) is 0 Å². The van der Waals surface area contributed by atoms with Crippen molar-refractivity contribution in [3.8, 4) is 0 Å². The molecule has 2 rings (SSSR count). The minimum Gasteiger partial charge on any atom is -0.378 e. The first kappa shape index (κ1) is 15.6.